The molecular weight excluding hydrogens is 154 g/mol. The maximum Gasteiger partial charge on any atom is 0.265 e. The molecule has 12 heavy (non-hydrogen) atoms. The van der Waals surface area contributed by atoms with Gasteiger partial charge in [0.15, 0.2) is 0 Å². The minimum absolute atomic E-state index is 0.327. The summed E-state index contributed by atoms with van der Waals surface area (Å²) in [6.07, 6.45) is 1.63. The molecule has 0 atom stereocenters. The normalized spacial score (nSPS) is 9.33. The number of nitrogens with zero attached hydrogens (tertiary/aromatic N) is 2. The van der Waals surface area contributed by atoms with E-state index in [9.17, 15) is 4.79 Å². The highest BCUT2D eigenvalue weighted by atomic mass is 16.1. The molecule has 4 heteroatoms. The van der Waals surface area contributed by atoms with Gasteiger partial charge in [0.25, 0.3) is 5.56 Å². The summed E-state index contributed by atoms with van der Waals surface area (Å²) in [5.74, 6) is 0. The smallest absolute Gasteiger partial charge is 0.265 e. The molecule has 1 N–H and O–H groups in total. The second-order valence-corrected chi connectivity index (χ2v) is 2.45. The first kappa shape index (κ1) is 8.47. The first-order chi connectivity index (χ1) is 5.77. The molecule has 0 fully saturated rings. The van der Waals surface area contributed by atoms with Crippen molar-refractivity contribution >= 4 is 0 Å². The van der Waals surface area contributed by atoms with Gasteiger partial charge in [-0.05, 0) is 6.42 Å². The van der Waals surface area contributed by atoms with Gasteiger partial charge in [-0.3, -0.25) is 4.79 Å². The van der Waals surface area contributed by atoms with Gasteiger partial charge in [-0.2, -0.15) is 10.4 Å². The molecule has 0 spiro atoms. The Morgan fingerprint density at radius 3 is 3.08 bits per heavy atom. The summed E-state index contributed by atoms with van der Waals surface area (Å²) in [6.45, 7) is 1.99. The molecule has 0 aliphatic carbocycles. The van der Waals surface area contributed by atoms with Gasteiger partial charge in [-0.25, -0.2) is 5.10 Å². The number of H-pyrrole nitrogens is 1. The van der Waals surface area contributed by atoms with Crippen LogP contribution in [0.2, 0.25) is 0 Å². The highest BCUT2D eigenvalue weighted by Crippen LogP contribution is 2.02. The Kier molecular flexibility index (Phi) is 2.59. The van der Waals surface area contributed by atoms with E-state index in [1.807, 2.05) is 13.0 Å². The predicted octanol–water partition coefficient (Wildman–Crippen LogP) is 0.594. The molecular formula is C8H9N3O. The van der Waals surface area contributed by atoms with E-state index in [0.717, 1.165) is 12.8 Å². The second-order valence-electron chi connectivity index (χ2n) is 2.45. The lowest BCUT2D eigenvalue weighted by Gasteiger charge is -1.97. The Bertz CT molecular complexity index is 361. The minimum atomic E-state index is -0.327. The Balaban J connectivity index is 3.13. The molecule has 0 unspecified atom stereocenters. The highest BCUT2D eigenvalue weighted by Gasteiger charge is 2.02. The lowest BCUT2D eigenvalue weighted by Crippen LogP contribution is -2.10. The highest BCUT2D eigenvalue weighted by molar-refractivity contribution is 5.30. The first-order valence-electron chi connectivity index (χ1n) is 3.76. The third kappa shape index (κ3) is 1.70. The lowest BCUT2D eigenvalue weighted by atomic mass is 10.1. The van der Waals surface area contributed by atoms with Crippen LogP contribution in [-0.4, -0.2) is 10.2 Å². The molecule has 1 aromatic heterocycles. The summed E-state index contributed by atoms with van der Waals surface area (Å²) in [7, 11) is 0. The lowest BCUT2D eigenvalue weighted by molar-refractivity contribution is 0.822. The Morgan fingerprint density at radius 1 is 1.75 bits per heavy atom. The van der Waals surface area contributed by atoms with Crippen molar-refractivity contribution in [1.29, 1.82) is 5.26 Å². The van der Waals surface area contributed by atoms with Crippen molar-refractivity contribution in [2.45, 2.75) is 19.8 Å². The predicted molar refractivity (Wildman–Crippen MR) is 43.6 cm³/mol. The second kappa shape index (κ2) is 3.67. The molecule has 0 aliphatic rings. The molecule has 62 valence electrons. The van der Waals surface area contributed by atoms with E-state index in [0.29, 0.717) is 11.3 Å². The van der Waals surface area contributed by atoms with Crippen LogP contribution in [0.15, 0.2) is 10.9 Å². The van der Waals surface area contributed by atoms with Gasteiger partial charge >= 0.3 is 0 Å². The van der Waals surface area contributed by atoms with Gasteiger partial charge in [0.2, 0.25) is 0 Å². The third-order valence-corrected chi connectivity index (χ3v) is 1.49. The van der Waals surface area contributed by atoms with Crippen LogP contribution >= 0.6 is 0 Å². The maximum absolute atomic E-state index is 10.7. The molecule has 0 bridgehead atoms. The summed E-state index contributed by atoms with van der Waals surface area (Å²) in [6, 6.07) is 3.21. The van der Waals surface area contributed by atoms with E-state index >= 15 is 0 Å². The van der Waals surface area contributed by atoms with Crippen molar-refractivity contribution in [2.24, 2.45) is 0 Å². The van der Waals surface area contributed by atoms with E-state index in [4.69, 9.17) is 5.26 Å². The fraction of sp³-hybridized carbons (Fsp3) is 0.375. The largest absolute Gasteiger partial charge is 0.268 e. The topological polar surface area (TPSA) is 69.5 Å². The number of aryl methyl sites for hydroxylation is 1. The fourth-order valence-electron chi connectivity index (χ4n) is 0.954. The zero-order valence-electron chi connectivity index (χ0n) is 6.79. The van der Waals surface area contributed by atoms with Crippen LogP contribution in [-0.2, 0) is 6.42 Å². The molecule has 0 amide bonds. The number of aromatic nitrogens is 2. The minimum Gasteiger partial charge on any atom is -0.268 e. The van der Waals surface area contributed by atoms with Crippen molar-refractivity contribution in [3.8, 4) is 6.07 Å². The molecule has 0 saturated carbocycles. The SMILES string of the molecule is CCCc1n[nH]c(=O)cc1C#N. The molecule has 0 radical (unpaired) electrons. The number of rotatable bonds is 2. The van der Waals surface area contributed by atoms with Gasteiger partial charge in [-0.1, -0.05) is 13.3 Å². The van der Waals surface area contributed by atoms with Gasteiger partial charge in [0.1, 0.15) is 6.07 Å². The molecule has 1 rings (SSSR count). The summed E-state index contributed by atoms with van der Waals surface area (Å²) in [5.41, 5.74) is 0.714. The molecule has 1 heterocycles. The van der Waals surface area contributed by atoms with Crippen molar-refractivity contribution in [1.82, 2.24) is 10.2 Å². The number of hydrogen-bond acceptors (Lipinski definition) is 3. The monoisotopic (exact) mass is 163 g/mol. The number of nitriles is 1. The van der Waals surface area contributed by atoms with Crippen LogP contribution < -0.4 is 5.56 Å². The summed E-state index contributed by atoms with van der Waals surface area (Å²) < 4.78 is 0. The quantitative estimate of drug-likeness (QED) is 0.693. The summed E-state index contributed by atoms with van der Waals surface area (Å²) in [5, 5.41) is 14.7. The van der Waals surface area contributed by atoms with E-state index in [1.165, 1.54) is 6.07 Å². The number of hydrogen-bond donors (Lipinski definition) is 1. The maximum atomic E-state index is 10.7. The molecule has 1 aromatic rings. The van der Waals surface area contributed by atoms with Crippen molar-refractivity contribution in [2.75, 3.05) is 0 Å². The molecule has 0 saturated heterocycles. The van der Waals surface area contributed by atoms with Gasteiger partial charge in [0, 0.05) is 6.07 Å². The zero-order chi connectivity index (χ0) is 8.97. The van der Waals surface area contributed by atoms with Crippen LogP contribution in [0.1, 0.15) is 24.6 Å². The standard InChI is InChI=1S/C8H9N3O/c1-2-3-7-6(5-9)4-8(12)11-10-7/h4H,2-3H2,1H3,(H,11,12). The molecule has 0 aliphatic heterocycles. The summed E-state index contributed by atoms with van der Waals surface area (Å²) >= 11 is 0. The van der Waals surface area contributed by atoms with Crippen LogP contribution in [0.25, 0.3) is 0 Å². The van der Waals surface area contributed by atoms with Crippen LogP contribution in [0, 0.1) is 11.3 Å². The van der Waals surface area contributed by atoms with Crippen LogP contribution in [0.4, 0.5) is 0 Å². The third-order valence-electron chi connectivity index (χ3n) is 1.49. The van der Waals surface area contributed by atoms with Crippen molar-refractivity contribution < 1.29 is 0 Å². The Hall–Kier alpha value is -1.63. The average Bonchev–Trinajstić information content (AvgIpc) is 2.08. The van der Waals surface area contributed by atoms with Gasteiger partial charge in [-0.15, -0.1) is 0 Å². The van der Waals surface area contributed by atoms with Crippen LogP contribution in [0.5, 0.6) is 0 Å². The van der Waals surface area contributed by atoms with Crippen LogP contribution in [0.3, 0.4) is 0 Å². The first-order valence-corrected chi connectivity index (χ1v) is 3.76. The van der Waals surface area contributed by atoms with Crippen molar-refractivity contribution in [3.63, 3.8) is 0 Å². The van der Waals surface area contributed by atoms with E-state index in [-0.39, 0.29) is 5.56 Å². The molecule has 0 aromatic carbocycles. The van der Waals surface area contributed by atoms with E-state index in [1.54, 1.807) is 0 Å². The Morgan fingerprint density at radius 2 is 2.50 bits per heavy atom. The van der Waals surface area contributed by atoms with Gasteiger partial charge in [0.05, 0.1) is 11.3 Å². The number of aromatic amines is 1. The number of nitrogens with one attached hydrogen (secondary N) is 1. The summed E-state index contributed by atoms with van der Waals surface area (Å²) in [4.78, 5) is 10.7. The van der Waals surface area contributed by atoms with Crippen molar-refractivity contribution in [3.05, 3.63) is 27.7 Å². The van der Waals surface area contributed by atoms with E-state index < -0.39 is 0 Å². The van der Waals surface area contributed by atoms with Gasteiger partial charge < -0.3 is 0 Å². The average molecular weight is 163 g/mol. The van der Waals surface area contributed by atoms with E-state index in [2.05, 4.69) is 10.2 Å². The zero-order valence-corrected chi connectivity index (χ0v) is 6.79. The fourth-order valence-corrected chi connectivity index (χ4v) is 0.954. The Labute approximate surface area is 69.9 Å². The molecule has 4 nitrogen and oxygen atoms in total.